The summed E-state index contributed by atoms with van der Waals surface area (Å²) in [4.78, 5) is 26.6. The van der Waals surface area contributed by atoms with Crippen molar-refractivity contribution in [1.82, 2.24) is 5.32 Å². The van der Waals surface area contributed by atoms with Crippen molar-refractivity contribution in [1.29, 1.82) is 0 Å². The second-order valence-corrected chi connectivity index (χ2v) is 8.07. The molecule has 3 aliphatic rings. The predicted octanol–water partition coefficient (Wildman–Crippen LogP) is 2.20. The van der Waals surface area contributed by atoms with Crippen molar-refractivity contribution in [3.05, 3.63) is 30.1 Å². The van der Waals surface area contributed by atoms with E-state index in [1.54, 1.807) is 18.2 Å². The van der Waals surface area contributed by atoms with E-state index in [4.69, 9.17) is 5.73 Å². The summed E-state index contributed by atoms with van der Waals surface area (Å²) in [6.07, 6.45) is 5.50. The molecule has 3 atom stereocenters. The van der Waals surface area contributed by atoms with E-state index in [1.165, 1.54) is 17.4 Å². The van der Waals surface area contributed by atoms with Crippen LogP contribution in [0.25, 0.3) is 0 Å². The zero-order valence-corrected chi connectivity index (χ0v) is 14.9. The monoisotopic (exact) mass is 359 g/mol. The van der Waals surface area contributed by atoms with Gasteiger partial charge in [-0.05, 0) is 49.7 Å². The van der Waals surface area contributed by atoms with Crippen molar-refractivity contribution >= 4 is 17.5 Å². The van der Waals surface area contributed by atoms with E-state index in [-0.39, 0.29) is 42.6 Å². The largest absolute Gasteiger partial charge is 0.353 e. The fraction of sp³-hybridized carbons (Fsp3) is 0.600. The second kappa shape index (κ2) is 6.99. The quantitative estimate of drug-likeness (QED) is 0.869. The highest BCUT2D eigenvalue weighted by atomic mass is 19.1. The molecule has 6 heteroatoms. The van der Waals surface area contributed by atoms with Gasteiger partial charge in [-0.3, -0.25) is 9.59 Å². The molecule has 1 aromatic carbocycles. The molecule has 140 valence electrons. The van der Waals surface area contributed by atoms with Crippen LogP contribution in [-0.2, 0) is 9.59 Å². The molecule has 1 aliphatic heterocycles. The maximum absolute atomic E-state index is 14.0. The molecule has 2 saturated carbocycles. The normalized spacial score (nSPS) is 34.0. The lowest BCUT2D eigenvalue weighted by Gasteiger charge is -2.45. The van der Waals surface area contributed by atoms with E-state index in [2.05, 4.69) is 5.32 Å². The van der Waals surface area contributed by atoms with Gasteiger partial charge in [0, 0.05) is 25.0 Å². The fourth-order valence-electron chi connectivity index (χ4n) is 5.09. The lowest BCUT2D eigenvalue weighted by Crippen LogP contribution is -2.54. The molecule has 1 saturated heterocycles. The second-order valence-electron chi connectivity index (χ2n) is 8.07. The van der Waals surface area contributed by atoms with E-state index in [1.807, 2.05) is 0 Å². The average molecular weight is 359 g/mol. The molecular weight excluding hydrogens is 333 g/mol. The number of carbonyl (C=O) groups excluding carboxylic acids is 2. The summed E-state index contributed by atoms with van der Waals surface area (Å²) in [5, 5.41) is 3.22. The summed E-state index contributed by atoms with van der Waals surface area (Å²) in [5.41, 5.74) is 6.41. The van der Waals surface area contributed by atoms with Gasteiger partial charge in [-0.25, -0.2) is 4.39 Å². The lowest BCUT2D eigenvalue weighted by molar-refractivity contribution is -0.128. The summed E-state index contributed by atoms with van der Waals surface area (Å²) in [5.74, 6) is -0.228. The Hall–Kier alpha value is -1.95. The molecule has 0 radical (unpaired) electrons. The molecule has 0 spiro atoms. The van der Waals surface area contributed by atoms with Gasteiger partial charge in [0.25, 0.3) is 0 Å². The first-order valence-corrected chi connectivity index (χ1v) is 9.63. The molecule has 2 aliphatic carbocycles. The maximum Gasteiger partial charge on any atom is 0.227 e. The van der Waals surface area contributed by atoms with Crippen LogP contribution in [0, 0.1) is 23.6 Å². The molecule has 1 aromatic rings. The highest BCUT2D eigenvalue weighted by Crippen LogP contribution is 2.40. The van der Waals surface area contributed by atoms with Crippen molar-refractivity contribution in [2.45, 2.75) is 50.6 Å². The third kappa shape index (κ3) is 3.22. The Labute approximate surface area is 153 Å². The van der Waals surface area contributed by atoms with Crippen molar-refractivity contribution in [3.63, 3.8) is 0 Å². The first kappa shape index (κ1) is 17.5. The van der Waals surface area contributed by atoms with Gasteiger partial charge in [0.1, 0.15) is 5.82 Å². The number of fused-ring (bicyclic) bond motifs is 2. The minimum atomic E-state index is -0.433. The number of para-hydroxylation sites is 1. The van der Waals surface area contributed by atoms with Crippen LogP contribution < -0.4 is 16.0 Å². The highest BCUT2D eigenvalue weighted by Gasteiger charge is 2.42. The lowest BCUT2D eigenvalue weighted by atomic mass is 9.67. The molecule has 5 nitrogen and oxygen atoms in total. The zero-order chi connectivity index (χ0) is 18.3. The number of rotatable bonds is 3. The first-order chi connectivity index (χ1) is 12.5. The SMILES string of the molecule is NC1CC2CCCC(C1)C2NC(=O)C1CC(=O)N(c2ccccc2F)C1. The van der Waals surface area contributed by atoms with E-state index in [0.29, 0.717) is 11.8 Å². The summed E-state index contributed by atoms with van der Waals surface area (Å²) in [6.45, 7) is 0.243. The number of nitrogens with one attached hydrogen (secondary N) is 1. The molecule has 4 rings (SSSR count). The van der Waals surface area contributed by atoms with Crippen LogP contribution in [0.4, 0.5) is 10.1 Å². The zero-order valence-electron chi connectivity index (χ0n) is 14.9. The Bertz CT molecular complexity index is 696. The topological polar surface area (TPSA) is 75.4 Å². The van der Waals surface area contributed by atoms with Crippen molar-refractivity contribution in [2.24, 2.45) is 23.5 Å². The summed E-state index contributed by atoms with van der Waals surface area (Å²) < 4.78 is 14.0. The van der Waals surface area contributed by atoms with Crippen molar-refractivity contribution in [2.75, 3.05) is 11.4 Å². The van der Waals surface area contributed by atoms with Gasteiger partial charge in [0.15, 0.2) is 0 Å². The Morgan fingerprint density at radius 1 is 1.19 bits per heavy atom. The van der Waals surface area contributed by atoms with E-state index in [9.17, 15) is 14.0 Å². The number of amides is 2. The molecule has 1 heterocycles. The van der Waals surface area contributed by atoms with Crippen LogP contribution in [0.15, 0.2) is 24.3 Å². The van der Waals surface area contributed by atoms with Crippen molar-refractivity contribution in [3.8, 4) is 0 Å². The minimum Gasteiger partial charge on any atom is -0.353 e. The summed E-state index contributed by atoms with van der Waals surface area (Å²) in [6, 6.07) is 6.63. The number of carbonyl (C=O) groups is 2. The number of anilines is 1. The third-order valence-electron chi connectivity index (χ3n) is 6.32. The van der Waals surface area contributed by atoms with Gasteiger partial charge in [-0.15, -0.1) is 0 Å². The van der Waals surface area contributed by atoms with E-state index >= 15 is 0 Å². The number of halogens is 1. The van der Waals surface area contributed by atoms with Crippen molar-refractivity contribution < 1.29 is 14.0 Å². The van der Waals surface area contributed by atoms with Gasteiger partial charge >= 0.3 is 0 Å². The number of benzene rings is 1. The fourth-order valence-corrected chi connectivity index (χ4v) is 5.09. The molecule has 3 unspecified atom stereocenters. The van der Waals surface area contributed by atoms with Gasteiger partial charge in [-0.2, -0.15) is 0 Å². The standard InChI is InChI=1S/C20H26FN3O2/c21-16-6-1-2-7-17(16)24-11-14(10-18(24)25)20(26)23-19-12-4-3-5-13(19)9-15(22)8-12/h1-2,6-7,12-15,19H,3-5,8-11,22H2,(H,23,26). The molecule has 0 aromatic heterocycles. The molecular formula is C20H26FN3O2. The van der Waals surface area contributed by atoms with E-state index < -0.39 is 11.7 Å². The smallest absolute Gasteiger partial charge is 0.227 e. The minimum absolute atomic E-state index is 0.0745. The Balaban J connectivity index is 1.43. The molecule has 3 N–H and O–H groups in total. The van der Waals surface area contributed by atoms with Crippen LogP contribution in [0.3, 0.4) is 0 Å². The van der Waals surface area contributed by atoms with Gasteiger partial charge < -0.3 is 16.0 Å². The third-order valence-corrected chi connectivity index (χ3v) is 6.32. The first-order valence-electron chi connectivity index (χ1n) is 9.63. The molecule has 2 amide bonds. The Morgan fingerprint density at radius 3 is 2.58 bits per heavy atom. The maximum atomic E-state index is 14.0. The van der Waals surface area contributed by atoms with Gasteiger partial charge in [0.2, 0.25) is 11.8 Å². The van der Waals surface area contributed by atoms with Crippen LogP contribution >= 0.6 is 0 Å². The van der Waals surface area contributed by atoms with Crippen LogP contribution in [0.5, 0.6) is 0 Å². The summed E-state index contributed by atoms with van der Waals surface area (Å²) >= 11 is 0. The highest BCUT2D eigenvalue weighted by molar-refractivity contribution is 6.00. The van der Waals surface area contributed by atoms with Gasteiger partial charge in [0.05, 0.1) is 11.6 Å². The number of nitrogens with two attached hydrogens (primary N) is 1. The van der Waals surface area contributed by atoms with Crippen LogP contribution in [0.2, 0.25) is 0 Å². The predicted molar refractivity (Wildman–Crippen MR) is 96.8 cm³/mol. The molecule has 2 bridgehead atoms. The van der Waals surface area contributed by atoms with Crippen LogP contribution in [-0.4, -0.2) is 30.4 Å². The summed E-state index contributed by atoms with van der Waals surface area (Å²) in [7, 11) is 0. The van der Waals surface area contributed by atoms with E-state index in [0.717, 1.165) is 25.7 Å². The Kier molecular flexibility index (Phi) is 4.69. The number of hydrogen-bond donors (Lipinski definition) is 2. The molecule has 26 heavy (non-hydrogen) atoms. The van der Waals surface area contributed by atoms with Gasteiger partial charge in [-0.1, -0.05) is 18.6 Å². The number of nitrogens with zero attached hydrogens (tertiary/aromatic N) is 1. The Morgan fingerprint density at radius 2 is 1.88 bits per heavy atom. The van der Waals surface area contributed by atoms with Crippen LogP contribution in [0.1, 0.15) is 38.5 Å². The molecule has 3 fully saturated rings. The number of hydrogen-bond acceptors (Lipinski definition) is 3. The average Bonchev–Trinajstić information content (AvgIpc) is 2.98.